The molecule has 5 heteroatoms. The van der Waals surface area contributed by atoms with Crippen molar-refractivity contribution in [1.29, 1.82) is 0 Å². The normalized spacial score (nSPS) is 11.4. The first-order chi connectivity index (χ1) is 10.0. The minimum atomic E-state index is 0.314. The van der Waals surface area contributed by atoms with E-state index < -0.39 is 0 Å². The highest BCUT2D eigenvalue weighted by Crippen LogP contribution is 2.25. The summed E-state index contributed by atoms with van der Waals surface area (Å²) in [4.78, 5) is 12.8. The summed E-state index contributed by atoms with van der Waals surface area (Å²) < 4.78 is 0. The number of nitrogens with zero attached hydrogens (tertiary/aromatic N) is 3. The second-order valence-corrected chi connectivity index (χ2v) is 6.75. The summed E-state index contributed by atoms with van der Waals surface area (Å²) in [5.74, 6) is 1.17. The molecular formula is C16H24N4S. The second-order valence-electron chi connectivity index (χ2n) is 5.72. The molecule has 4 nitrogen and oxygen atoms in total. The van der Waals surface area contributed by atoms with Crippen molar-refractivity contribution in [2.24, 2.45) is 5.73 Å². The van der Waals surface area contributed by atoms with Gasteiger partial charge in [-0.05, 0) is 25.3 Å². The maximum absolute atomic E-state index is 5.92. The van der Waals surface area contributed by atoms with E-state index in [9.17, 15) is 0 Å². The maximum atomic E-state index is 5.92. The maximum Gasteiger partial charge on any atom is 0.131 e. The Morgan fingerprint density at radius 3 is 2.57 bits per heavy atom. The largest absolute Gasteiger partial charge is 0.361 e. The second kappa shape index (κ2) is 7.00. The SMILES string of the molecule is CC(C)c1ncc(N(Cc2cccs2)C(C)C)c(CN)n1. The standard InChI is InChI=1S/C16H24N4S/c1-11(2)16-18-9-15(14(8-17)19-16)20(12(3)4)10-13-6-5-7-21-13/h5-7,9,11-12H,8,10,17H2,1-4H3. The van der Waals surface area contributed by atoms with Crippen LogP contribution in [-0.4, -0.2) is 16.0 Å². The van der Waals surface area contributed by atoms with Crippen LogP contribution in [0.1, 0.15) is 50.0 Å². The molecule has 0 unspecified atom stereocenters. The van der Waals surface area contributed by atoms with Gasteiger partial charge < -0.3 is 10.6 Å². The van der Waals surface area contributed by atoms with Gasteiger partial charge in [0.15, 0.2) is 0 Å². The van der Waals surface area contributed by atoms with E-state index in [2.05, 4.69) is 60.1 Å². The molecule has 21 heavy (non-hydrogen) atoms. The van der Waals surface area contributed by atoms with Crippen LogP contribution < -0.4 is 10.6 Å². The smallest absolute Gasteiger partial charge is 0.131 e. The van der Waals surface area contributed by atoms with E-state index in [1.807, 2.05) is 6.20 Å². The van der Waals surface area contributed by atoms with Gasteiger partial charge in [-0.25, -0.2) is 9.97 Å². The molecule has 0 saturated heterocycles. The fourth-order valence-electron chi connectivity index (χ4n) is 2.21. The summed E-state index contributed by atoms with van der Waals surface area (Å²) in [5, 5.41) is 2.11. The molecule has 0 aromatic carbocycles. The molecule has 2 rings (SSSR count). The molecule has 0 aliphatic heterocycles. The van der Waals surface area contributed by atoms with E-state index in [4.69, 9.17) is 5.73 Å². The van der Waals surface area contributed by atoms with Crippen LogP contribution in [0.5, 0.6) is 0 Å². The van der Waals surface area contributed by atoms with Crippen LogP contribution in [0.3, 0.4) is 0 Å². The first-order valence-corrected chi connectivity index (χ1v) is 8.25. The van der Waals surface area contributed by atoms with E-state index in [0.717, 1.165) is 23.8 Å². The quantitative estimate of drug-likeness (QED) is 0.887. The Labute approximate surface area is 131 Å². The number of hydrogen-bond donors (Lipinski definition) is 1. The summed E-state index contributed by atoms with van der Waals surface area (Å²) >= 11 is 1.77. The van der Waals surface area contributed by atoms with Gasteiger partial charge >= 0.3 is 0 Å². The highest BCUT2D eigenvalue weighted by molar-refractivity contribution is 7.09. The highest BCUT2D eigenvalue weighted by atomic mass is 32.1. The van der Waals surface area contributed by atoms with Crippen LogP contribution in [0.15, 0.2) is 23.7 Å². The van der Waals surface area contributed by atoms with Gasteiger partial charge in [-0.3, -0.25) is 0 Å². The zero-order chi connectivity index (χ0) is 15.4. The molecule has 0 saturated carbocycles. The first-order valence-electron chi connectivity index (χ1n) is 7.37. The van der Waals surface area contributed by atoms with Crippen molar-refractivity contribution in [3.63, 3.8) is 0 Å². The van der Waals surface area contributed by atoms with Crippen molar-refractivity contribution in [2.75, 3.05) is 4.90 Å². The van der Waals surface area contributed by atoms with Gasteiger partial charge in [0.2, 0.25) is 0 Å². The van der Waals surface area contributed by atoms with E-state index in [1.54, 1.807) is 11.3 Å². The molecule has 0 amide bonds. The topological polar surface area (TPSA) is 55.0 Å². The molecule has 0 spiro atoms. The van der Waals surface area contributed by atoms with Crippen molar-refractivity contribution in [1.82, 2.24) is 9.97 Å². The molecule has 2 aromatic rings. The van der Waals surface area contributed by atoms with E-state index >= 15 is 0 Å². The lowest BCUT2D eigenvalue weighted by Gasteiger charge is -2.30. The third-order valence-corrected chi connectivity index (χ3v) is 4.27. The summed E-state index contributed by atoms with van der Waals surface area (Å²) in [5.41, 5.74) is 7.89. The van der Waals surface area contributed by atoms with Crippen molar-refractivity contribution in [2.45, 2.75) is 52.7 Å². The van der Waals surface area contributed by atoms with Crippen LogP contribution in [0.2, 0.25) is 0 Å². The summed E-state index contributed by atoms with van der Waals surface area (Å²) in [6.07, 6.45) is 1.93. The van der Waals surface area contributed by atoms with Gasteiger partial charge in [0.05, 0.1) is 24.1 Å². The Hall–Kier alpha value is -1.46. The van der Waals surface area contributed by atoms with Gasteiger partial charge in [0.25, 0.3) is 0 Å². The summed E-state index contributed by atoms with van der Waals surface area (Å²) in [6, 6.07) is 4.61. The lowest BCUT2D eigenvalue weighted by atomic mass is 10.2. The number of aromatic nitrogens is 2. The molecule has 0 fully saturated rings. The lowest BCUT2D eigenvalue weighted by molar-refractivity contribution is 0.669. The highest BCUT2D eigenvalue weighted by Gasteiger charge is 2.18. The van der Waals surface area contributed by atoms with E-state index in [0.29, 0.717) is 18.5 Å². The zero-order valence-electron chi connectivity index (χ0n) is 13.2. The number of hydrogen-bond acceptors (Lipinski definition) is 5. The predicted molar refractivity (Wildman–Crippen MR) is 89.7 cm³/mol. The van der Waals surface area contributed by atoms with E-state index in [1.165, 1.54) is 4.88 Å². The Balaban J connectivity index is 2.35. The number of thiophene rings is 1. The molecule has 2 aromatic heterocycles. The van der Waals surface area contributed by atoms with Crippen LogP contribution >= 0.6 is 11.3 Å². The summed E-state index contributed by atoms with van der Waals surface area (Å²) in [6.45, 7) is 9.87. The van der Waals surface area contributed by atoms with Crippen LogP contribution in [0.4, 0.5) is 5.69 Å². The number of anilines is 1. The van der Waals surface area contributed by atoms with Gasteiger partial charge in [0, 0.05) is 23.4 Å². The third kappa shape index (κ3) is 3.80. The van der Waals surface area contributed by atoms with Crippen LogP contribution in [-0.2, 0) is 13.1 Å². The average molecular weight is 304 g/mol. The van der Waals surface area contributed by atoms with Crippen LogP contribution in [0, 0.1) is 0 Å². The van der Waals surface area contributed by atoms with Crippen LogP contribution in [0.25, 0.3) is 0 Å². The van der Waals surface area contributed by atoms with Crippen molar-refractivity contribution in [3.8, 4) is 0 Å². The van der Waals surface area contributed by atoms with Gasteiger partial charge in [-0.15, -0.1) is 11.3 Å². The average Bonchev–Trinajstić information content (AvgIpc) is 2.96. The van der Waals surface area contributed by atoms with Crippen molar-refractivity contribution in [3.05, 3.63) is 40.1 Å². The molecule has 114 valence electrons. The minimum absolute atomic E-state index is 0.314. The Bertz CT molecular complexity index is 564. The third-order valence-electron chi connectivity index (χ3n) is 3.41. The molecule has 0 bridgehead atoms. The molecule has 0 atom stereocenters. The Morgan fingerprint density at radius 2 is 2.05 bits per heavy atom. The van der Waals surface area contributed by atoms with Crippen molar-refractivity contribution >= 4 is 17.0 Å². The predicted octanol–water partition coefficient (Wildman–Crippen LogP) is 3.54. The van der Waals surface area contributed by atoms with Gasteiger partial charge in [-0.1, -0.05) is 19.9 Å². The molecule has 2 N–H and O–H groups in total. The molecule has 0 aliphatic rings. The van der Waals surface area contributed by atoms with Crippen molar-refractivity contribution < 1.29 is 0 Å². The molecule has 0 radical (unpaired) electrons. The number of rotatable bonds is 6. The first kappa shape index (κ1) is 15.9. The fraction of sp³-hybridized carbons (Fsp3) is 0.500. The Kier molecular flexibility index (Phi) is 5.31. The number of nitrogens with two attached hydrogens (primary N) is 1. The molecule has 0 aliphatic carbocycles. The molecular weight excluding hydrogens is 280 g/mol. The monoisotopic (exact) mass is 304 g/mol. The fourth-order valence-corrected chi connectivity index (χ4v) is 2.91. The Morgan fingerprint density at radius 1 is 1.29 bits per heavy atom. The lowest BCUT2D eigenvalue weighted by Crippen LogP contribution is -2.31. The van der Waals surface area contributed by atoms with Gasteiger partial charge in [-0.2, -0.15) is 0 Å². The zero-order valence-corrected chi connectivity index (χ0v) is 14.0. The van der Waals surface area contributed by atoms with Gasteiger partial charge in [0.1, 0.15) is 5.82 Å². The minimum Gasteiger partial charge on any atom is -0.361 e. The summed E-state index contributed by atoms with van der Waals surface area (Å²) in [7, 11) is 0. The molecule has 2 heterocycles. The van der Waals surface area contributed by atoms with E-state index in [-0.39, 0.29) is 0 Å².